The summed E-state index contributed by atoms with van der Waals surface area (Å²) in [6.45, 7) is 2.83. The fourth-order valence-corrected chi connectivity index (χ4v) is 3.84. The molecule has 0 radical (unpaired) electrons. The van der Waals surface area contributed by atoms with E-state index in [2.05, 4.69) is 6.92 Å². The third-order valence-corrected chi connectivity index (χ3v) is 5.07. The number of phenols is 1. The van der Waals surface area contributed by atoms with Crippen LogP contribution in [-0.2, 0) is 14.9 Å². The SMILES string of the molecule is CC1CC12C(=O)N(C1CCCCO1)c1ccc(O)cc12. The smallest absolute Gasteiger partial charge is 0.240 e. The standard InChI is InChI=1S/C16H19NO3/c1-10-9-16(10)12-8-11(18)5-6-13(12)17(15(16)19)14-4-2-3-7-20-14/h5-6,8,10,14,18H,2-4,7,9H2,1H3. The van der Waals surface area contributed by atoms with Gasteiger partial charge in [0.05, 0.1) is 11.1 Å². The fourth-order valence-electron chi connectivity index (χ4n) is 3.84. The van der Waals surface area contributed by atoms with Gasteiger partial charge < -0.3 is 9.84 Å². The van der Waals surface area contributed by atoms with Gasteiger partial charge in [0, 0.05) is 6.61 Å². The van der Waals surface area contributed by atoms with Gasteiger partial charge in [0.1, 0.15) is 12.0 Å². The first-order valence-corrected chi connectivity index (χ1v) is 7.43. The molecule has 2 heterocycles. The molecule has 0 bridgehead atoms. The summed E-state index contributed by atoms with van der Waals surface area (Å²) >= 11 is 0. The van der Waals surface area contributed by atoms with Gasteiger partial charge in [-0.05, 0) is 55.4 Å². The van der Waals surface area contributed by atoms with Crippen molar-refractivity contribution in [2.75, 3.05) is 11.5 Å². The monoisotopic (exact) mass is 273 g/mol. The van der Waals surface area contributed by atoms with E-state index in [1.165, 1.54) is 0 Å². The van der Waals surface area contributed by atoms with Crippen molar-refractivity contribution in [1.82, 2.24) is 0 Å². The van der Waals surface area contributed by atoms with Crippen molar-refractivity contribution in [3.63, 3.8) is 0 Å². The number of ether oxygens (including phenoxy) is 1. The second-order valence-corrected chi connectivity index (χ2v) is 6.27. The Kier molecular flexibility index (Phi) is 2.43. The van der Waals surface area contributed by atoms with Crippen LogP contribution in [0.15, 0.2) is 18.2 Å². The lowest BCUT2D eigenvalue weighted by molar-refractivity contribution is -0.124. The van der Waals surface area contributed by atoms with Crippen LogP contribution in [0.4, 0.5) is 5.69 Å². The molecule has 4 rings (SSSR count). The molecular weight excluding hydrogens is 254 g/mol. The lowest BCUT2D eigenvalue weighted by Crippen LogP contribution is -2.44. The van der Waals surface area contributed by atoms with E-state index in [4.69, 9.17) is 4.74 Å². The van der Waals surface area contributed by atoms with Crippen LogP contribution in [0.3, 0.4) is 0 Å². The second-order valence-electron chi connectivity index (χ2n) is 6.27. The summed E-state index contributed by atoms with van der Waals surface area (Å²) < 4.78 is 5.82. The summed E-state index contributed by atoms with van der Waals surface area (Å²) in [4.78, 5) is 14.8. The highest BCUT2D eigenvalue weighted by molar-refractivity contribution is 6.11. The van der Waals surface area contributed by atoms with Crippen LogP contribution in [-0.4, -0.2) is 23.8 Å². The predicted molar refractivity (Wildman–Crippen MR) is 74.6 cm³/mol. The minimum atomic E-state index is -0.394. The van der Waals surface area contributed by atoms with Gasteiger partial charge in [-0.1, -0.05) is 6.92 Å². The van der Waals surface area contributed by atoms with Gasteiger partial charge in [-0.2, -0.15) is 0 Å². The van der Waals surface area contributed by atoms with E-state index in [9.17, 15) is 9.90 Å². The molecular formula is C16H19NO3. The van der Waals surface area contributed by atoms with E-state index in [1.807, 2.05) is 11.0 Å². The van der Waals surface area contributed by atoms with Crippen molar-refractivity contribution in [1.29, 1.82) is 0 Å². The Morgan fingerprint density at radius 1 is 1.40 bits per heavy atom. The summed E-state index contributed by atoms with van der Waals surface area (Å²) in [5.74, 6) is 0.753. The molecule has 106 valence electrons. The van der Waals surface area contributed by atoms with E-state index < -0.39 is 5.41 Å². The number of carbonyl (C=O) groups is 1. The molecule has 1 saturated heterocycles. The number of phenolic OH excluding ortho intramolecular Hbond substituents is 1. The second kappa shape index (κ2) is 3.98. The van der Waals surface area contributed by atoms with Crippen molar-refractivity contribution < 1.29 is 14.6 Å². The molecule has 4 nitrogen and oxygen atoms in total. The van der Waals surface area contributed by atoms with Gasteiger partial charge in [0.15, 0.2) is 0 Å². The molecule has 20 heavy (non-hydrogen) atoms. The molecule has 1 spiro atoms. The number of carbonyl (C=O) groups excluding carboxylic acids is 1. The summed E-state index contributed by atoms with van der Waals surface area (Å²) in [6.07, 6.45) is 3.82. The number of anilines is 1. The summed E-state index contributed by atoms with van der Waals surface area (Å²) in [5.41, 5.74) is 1.53. The van der Waals surface area contributed by atoms with Crippen LogP contribution < -0.4 is 4.90 Å². The molecule has 1 aromatic carbocycles. The van der Waals surface area contributed by atoms with Gasteiger partial charge in [0.25, 0.3) is 0 Å². The van der Waals surface area contributed by atoms with Crippen molar-refractivity contribution in [2.45, 2.75) is 44.2 Å². The topological polar surface area (TPSA) is 49.8 Å². The van der Waals surface area contributed by atoms with Gasteiger partial charge in [-0.3, -0.25) is 9.69 Å². The van der Waals surface area contributed by atoms with Crippen LogP contribution in [0.25, 0.3) is 0 Å². The Bertz CT molecular complexity index is 579. The Hall–Kier alpha value is -1.55. The third kappa shape index (κ3) is 1.43. The maximum atomic E-state index is 12.9. The summed E-state index contributed by atoms with van der Waals surface area (Å²) in [7, 11) is 0. The average molecular weight is 273 g/mol. The Morgan fingerprint density at radius 3 is 2.85 bits per heavy atom. The molecule has 0 aromatic heterocycles. The Balaban J connectivity index is 1.80. The average Bonchev–Trinajstić information content (AvgIpc) is 3.07. The van der Waals surface area contributed by atoms with Crippen LogP contribution in [0.2, 0.25) is 0 Å². The van der Waals surface area contributed by atoms with Crippen molar-refractivity contribution in [3.8, 4) is 5.75 Å². The van der Waals surface area contributed by atoms with E-state index in [0.717, 1.165) is 43.5 Å². The van der Waals surface area contributed by atoms with Crippen molar-refractivity contribution >= 4 is 11.6 Å². The van der Waals surface area contributed by atoms with Crippen molar-refractivity contribution in [2.24, 2.45) is 5.92 Å². The van der Waals surface area contributed by atoms with Gasteiger partial charge in [-0.25, -0.2) is 0 Å². The van der Waals surface area contributed by atoms with Gasteiger partial charge >= 0.3 is 0 Å². The Labute approximate surface area is 118 Å². The molecule has 1 N–H and O–H groups in total. The number of nitrogens with zero attached hydrogens (tertiary/aromatic N) is 1. The fraction of sp³-hybridized carbons (Fsp3) is 0.562. The number of hydrogen-bond acceptors (Lipinski definition) is 3. The minimum Gasteiger partial charge on any atom is -0.508 e. The van der Waals surface area contributed by atoms with E-state index >= 15 is 0 Å². The number of rotatable bonds is 1. The van der Waals surface area contributed by atoms with Gasteiger partial charge in [0.2, 0.25) is 5.91 Å². The molecule has 3 atom stereocenters. The Morgan fingerprint density at radius 2 is 2.20 bits per heavy atom. The first-order chi connectivity index (χ1) is 9.64. The molecule has 1 aliphatic carbocycles. The maximum absolute atomic E-state index is 12.9. The van der Waals surface area contributed by atoms with Crippen LogP contribution in [0.5, 0.6) is 5.75 Å². The van der Waals surface area contributed by atoms with Crippen molar-refractivity contribution in [3.05, 3.63) is 23.8 Å². The van der Waals surface area contributed by atoms with Crippen LogP contribution in [0.1, 0.15) is 38.2 Å². The molecule has 1 saturated carbocycles. The number of aromatic hydroxyl groups is 1. The van der Waals surface area contributed by atoms with Crippen LogP contribution in [0, 0.1) is 5.92 Å². The van der Waals surface area contributed by atoms with E-state index in [-0.39, 0.29) is 17.9 Å². The maximum Gasteiger partial charge on any atom is 0.240 e. The highest BCUT2D eigenvalue weighted by Crippen LogP contribution is 2.62. The zero-order valence-corrected chi connectivity index (χ0v) is 11.6. The first-order valence-electron chi connectivity index (χ1n) is 7.43. The quantitative estimate of drug-likeness (QED) is 0.855. The number of amides is 1. The van der Waals surface area contributed by atoms with Gasteiger partial charge in [-0.15, -0.1) is 0 Å². The number of benzene rings is 1. The minimum absolute atomic E-state index is 0.133. The lowest BCUT2D eigenvalue weighted by Gasteiger charge is -2.32. The lowest BCUT2D eigenvalue weighted by atomic mass is 9.95. The molecule has 3 aliphatic rings. The van der Waals surface area contributed by atoms with Crippen LogP contribution >= 0.6 is 0 Å². The highest BCUT2D eigenvalue weighted by Gasteiger charge is 2.65. The highest BCUT2D eigenvalue weighted by atomic mass is 16.5. The number of hydrogen-bond donors (Lipinski definition) is 1. The van der Waals surface area contributed by atoms with E-state index in [1.54, 1.807) is 12.1 Å². The molecule has 1 aromatic rings. The molecule has 3 unspecified atom stereocenters. The molecule has 4 heteroatoms. The zero-order chi connectivity index (χ0) is 13.9. The first kappa shape index (κ1) is 12.2. The molecule has 2 fully saturated rings. The third-order valence-electron chi connectivity index (χ3n) is 5.07. The summed E-state index contributed by atoms with van der Waals surface area (Å²) in [6, 6.07) is 5.29. The largest absolute Gasteiger partial charge is 0.508 e. The summed E-state index contributed by atoms with van der Waals surface area (Å²) in [5, 5.41) is 9.76. The number of fused-ring (bicyclic) bond motifs is 2. The predicted octanol–water partition coefficient (Wildman–Crippen LogP) is 2.54. The molecule has 1 amide bonds. The van der Waals surface area contributed by atoms with E-state index in [0.29, 0.717) is 5.92 Å². The molecule has 2 aliphatic heterocycles. The zero-order valence-electron chi connectivity index (χ0n) is 11.6. The normalized spacial score (nSPS) is 35.5.